The fraction of sp³-hybridized carbons (Fsp3) is 0.389. The Balaban J connectivity index is 1.64. The molecule has 1 aromatic carbocycles. The van der Waals surface area contributed by atoms with Gasteiger partial charge in [0.1, 0.15) is 18.2 Å². The molecule has 0 saturated heterocycles. The molecule has 6 heteroatoms. The molecule has 0 amide bonds. The molecule has 2 rings (SSSR count). The average Bonchev–Trinajstić information content (AvgIpc) is 3.09. The van der Waals surface area contributed by atoms with Crippen LogP contribution in [0.5, 0.6) is 0 Å². The molecule has 0 unspecified atom stereocenters. The molecule has 130 valence electrons. The van der Waals surface area contributed by atoms with Gasteiger partial charge in [-0.15, -0.1) is 0 Å². The maximum absolute atomic E-state index is 12.9. The van der Waals surface area contributed by atoms with Crippen LogP contribution in [0.3, 0.4) is 0 Å². The summed E-state index contributed by atoms with van der Waals surface area (Å²) in [5.41, 5.74) is 1.03. The number of hydrogen-bond acceptors (Lipinski definition) is 3. The predicted molar refractivity (Wildman–Crippen MR) is 92.2 cm³/mol. The van der Waals surface area contributed by atoms with E-state index in [2.05, 4.69) is 10.3 Å². The second-order valence-corrected chi connectivity index (χ2v) is 5.44. The van der Waals surface area contributed by atoms with Crippen molar-refractivity contribution in [1.82, 2.24) is 10.2 Å². The van der Waals surface area contributed by atoms with E-state index in [1.165, 1.54) is 12.1 Å². The second-order valence-electron chi connectivity index (χ2n) is 5.44. The first-order valence-electron chi connectivity index (χ1n) is 7.95. The van der Waals surface area contributed by atoms with Crippen molar-refractivity contribution in [3.8, 4) is 0 Å². The Morgan fingerprint density at radius 1 is 1.29 bits per heavy atom. The summed E-state index contributed by atoms with van der Waals surface area (Å²) >= 11 is 0. The summed E-state index contributed by atoms with van der Waals surface area (Å²) in [6.07, 6.45) is 2.51. The third-order valence-corrected chi connectivity index (χ3v) is 3.48. The van der Waals surface area contributed by atoms with E-state index in [1.54, 1.807) is 25.4 Å². The first-order chi connectivity index (χ1) is 11.7. The molecule has 0 atom stereocenters. The van der Waals surface area contributed by atoms with E-state index in [0.29, 0.717) is 19.8 Å². The zero-order chi connectivity index (χ0) is 17.2. The molecule has 0 radical (unpaired) electrons. The van der Waals surface area contributed by atoms with Crippen LogP contribution in [-0.2, 0) is 17.9 Å². The Morgan fingerprint density at radius 2 is 2.08 bits per heavy atom. The Bertz CT molecular complexity index is 612. The lowest BCUT2D eigenvalue weighted by Gasteiger charge is -2.22. The molecule has 0 aliphatic carbocycles. The zero-order valence-electron chi connectivity index (χ0n) is 14.2. The molecule has 1 aromatic heterocycles. The molecule has 2 aromatic rings. The highest BCUT2D eigenvalue weighted by Gasteiger charge is 2.06. The van der Waals surface area contributed by atoms with Gasteiger partial charge < -0.3 is 19.4 Å². The van der Waals surface area contributed by atoms with Gasteiger partial charge in [0.15, 0.2) is 5.96 Å². The Labute approximate surface area is 142 Å². The predicted octanol–water partition coefficient (Wildman–Crippen LogP) is 3.03. The average molecular weight is 333 g/mol. The molecule has 5 nitrogen and oxygen atoms in total. The van der Waals surface area contributed by atoms with Gasteiger partial charge in [-0.25, -0.2) is 4.39 Å². The number of nitrogens with zero attached hydrogens (tertiary/aromatic N) is 2. The molecule has 0 bridgehead atoms. The van der Waals surface area contributed by atoms with Crippen LogP contribution in [0.25, 0.3) is 0 Å². The van der Waals surface area contributed by atoms with Gasteiger partial charge in [0.05, 0.1) is 6.26 Å². The first kappa shape index (κ1) is 18.0. The van der Waals surface area contributed by atoms with Gasteiger partial charge >= 0.3 is 0 Å². The Kier molecular flexibility index (Phi) is 7.29. The van der Waals surface area contributed by atoms with Crippen LogP contribution in [0.4, 0.5) is 4.39 Å². The standard InChI is InChI=1S/C18H24FN3O2/c1-20-18(22(2)13-15-6-8-16(19)9-7-15)21-10-4-11-23-14-17-5-3-12-24-17/h3,5-9,12H,4,10-11,13-14H2,1-2H3,(H,20,21). The van der Waals surface area contributed by atoms with Gasteiger partial charge in [0.25, 0.3) is 0 Å². The quantitative estimate of drug-likeness (QED) is 0.458. The molecular formula is C18H24FN3O2. The normalized spacial score (nSPS) is 11.5. The van der Waals surface area contributed by atoms with E-state index in [1.807, 2.05) is 24.1 Å². The van der Waals surface area contributed by atoms with Crippen LogP contribution in [0, 0.1) is 5.82 Å². The molecule has 0 spiro atoms. The molecule has 0 fully saturated rings. The highest BCUT2D eigenvalue weighted by molar-refractivity contribution is 5.79. The van der Waals surface area contributed by atoms with Crippen LogP contribution >= 0.6 is 0 Å². The van der Waals surface area contributed by atoms with E-state index >= 15 is 0 Å². The number of nitrogens with one attached hydrogen (secondary N) is 1. The van der Waals surface area contributed by atoms with Crippen molar-refractivity contribution in [2.24, 2.45) is 4.99 Å². The van der Waals surface area contributed by atoms with Crippen molar-refractivity contribution < 1.29 is 13.5 Å². The minimum Gasteiger partial charge on any atom is -0.467 e. The number of ether oxygens (including phenoxy) is 1. The van der Waals surface area contributed by atoms with E-state index in [0.717, 1.165) is 30.2 Å². The van der Waals surface area contributed by atoms with Crippen LogP contribution in [0.15, 0.2) is 52.1 Å². The number of rotatable bonds is 8. The van der Waals surface area contributed by atoms with Crippen LogP contribution in [0.2, 0.25) is 0 Å². The SMILES string of the molecule is CN=C(NCCCOCc1ccco1)N(C)Cc1ccc(F)cc1. The lowest BCUT2D eigenvalue weighted by atomic mass is 10.2. The van der Waals surface area contributed by atoms with E-state index in [-0.39, 0.29) is 5.82 Å². The van der Waals surface area contributed by atoms with Crippen molar-refractivity contribution in [2.75, 3.05) is 27.2 Å². The second kappa shape index (κ2) is 9.72. The summed E-state index contributed by atoms with van der Waals surface area (Å²) in [7, 11) is 3.70. The minimum absolute atomic E-state index is 0.224. The van der Waals surface area contributed by atoms with Crippen molar-refractivity contribution in [2.45, 2.75) is 19.6 Å². The van der Waals surface area contributed by atoms with Crippen LogP contribution in [-0.4, -0.2) is 38.1 Å². The van der Waals surface area contributed by atoms with Gasteiger partial charge in [0, 0.05) is 33.8 Å². The topological polar surface area (TPSA) is 50.0 Å². The summed E-state index contributed by atoms with van der Waals surface area (Å²) in [6, 6.07) is 10.2. The molecule has 0 aliphatic rings. The van der Waals surface area contributed by atoms with Crippen LogP contribution < -0.4 is 5.32 Å². The molecule has 24 heavy (non-hydrogen) atoms. The number of furan rings is 1. The highest BCUT2D eigenvalue weighted by atomic mass is 19.1. The van der Waals surface area contributed by atoms with Gasteiger partial charge in [-0.1, -0.05) is 12.1 Å². The summed E-state index contributed by atoms with van der Waals surface area (Å²) in [6.45, 7) is 2.56. The van der Waals surface area contributed by atoms with Crippen molar-refractivity contribution in [1.29, 1.82) is 0 Å². The summed E-state index contributed by atoms with van der Waals surface area (Å²) in [5, 5.41) is 3.29. The van der Waals surface area contributed by atoms with Gasteiger partial charge in [-0.3, -0.25) is 4.99 Å². The van der Waals surface area contributed by atoms with Crippen molar-refractivity contribution in [3.05, 3.63) is 59.8 Å². The number of hydrogen-bond donors (Lipinski definition) is 1. The number of halogens is 1. The third-order valence-electron chi connectivity index (χ3n) is 3.48. The fourth-order valence-electron chi connectivity index (χ4n) is 2.27. The van der Waals surface area contributed by atoms with Gasteiger partial charge in [-0.05, 0) is 36.2 Å². The Hall–Kier alpha value is -2.34. The number of benzene rings is 1. The largest absolute Gasteiger partial charge is 0.467 e. The van der Waals surface area contributed by atoms with Crippen molar-refractivity contribution in [3.63, 3.8) is 0 Å². The Morgan fingerprint density at radius 3 is 2.75 bits per heavy atom. The lowest BCUT2D eigenvalue weighted by molar-refractivity contribution is 0.104. The number of guanidine groups is 1. The smallest absolute Gasteiger partial charge is 0.193 e. The fourth-order valence-corrected chi connectivity index (χ4v) is 2.27. The maximum atomic E-state index is 12.9. The van der Waals surface area contributed by atoms with Crippen LogP contribution in [0.1, 0.15) is 17.7 Å². The maximum Gasteiger partial charge on any atom is 0.193 e. The molecule has 0 aliphatic heterocycles. The zero-order valence-corrected chi connectivity index (χ0v) is 14.2. The number of aliphatic imine (C=N–C) groups is 1. The van der Waals surface area contributed by atoms with Crippen molar-refractivity contribution >= 4 is 5.96 Å². The van der Waals surface area contributed by atoms with E-state index < -0.39 is 0 Å². The monoisotopic (exact) mass is 333 g/mol. The van der Waals surface area contributed by atoms with Gasteiger partial charge in [-0.2, -0.15) is 0 Å². The van der Waals surface area contributed by atoms with E-state index in [4.69, 9.17) is 9.15 Å². The lowest BCUT2D eigenvalue weighted by Crippen LogP contribution is -2.39. The molecular weight excluding hydrogens is 309 g/mol. The molecule has 1 heterocycles. The molecule has 1 N–H and O–H groups in total. The third kappa shape index (κ3) is 6.04. The summed E-state index contributed by atoms with van der Waals surface area (Å²) < 4.78 is 23.7. The van der Waals surface area contributed by atoms with Gasteiger partial charge in [0.2, 0.25) is 0 Å². The first-order valence-corrected chi connectivity index (χ1v) is 7.95. The highest BCUT2D eigenvalue weighted by Crippen LogP contribution is 2.06. The summed E-state index contributed by atoms with van der Waals surface area (Å²) in [5.74, 6) is 1.40. The summed E-state index contributed by atoms with van der Waals surface area (Å²) in [4.78, 5) is 6.26. The molecule has 0 saturated carbocycles. The van der Waals surface area contributed by atoms with E-state index in [9.17, 15) is 4.39 Å². The minimum atomic E-state index is -0.224.